The molecule has 138 valence electrons. The van der Waals surface area contributed by atoms with Gasteiger partial charge in [0.05, 0.1) is 0 Å². The highest BCUT2D eigenvalue weighted by Crippen LogP contribution is 2.67. The molecule has 0 radical (unpaired) electrons. The van der Waals surface area contributed by atoms with Gasteiger partial charge in [0.2, 0.25) is 0 Å². The standard InChI is InChI=1S/C24H42/c1-17(2)8-9-19-11-13-21-20-12-10-18-7-5-6-15-23(18,3)22(20)14-16-24(19,21)4/h17-22H,5-16H2,1-4H3. The van der Waals surface area contributed by atoms with Gasteiger partial charge < -0.3 is 0 Å². The van der Waals surface area contributed by atoms with E-state index in [4.69, 9.17) is 0 Å². The molecule has 0 aromatic rings. The second-order valence-electron chi connectivity index (χ2n) is 11.2. The minimum absolute atomic E-state index is 0.702. The van der Waals surface area contributed by atoms with Crippen molar-refractivity contribution >= 4 is 0 Å². The Kier molecular flexibility index (Phi) is 4.58. The van der Waals surface area contributed by atoms with Crippen molar-refractivity contribution in [1.29, 1.82) is 0 Å². The van der Waals surface area contributed by atoms with Crippen LogP contribution in [0, 0.1) is 46.3 Å². The van der Waals surface area contributed by atoms with Gasteiger partial charge in [-0.25, -0.2) is 0 Å². The molecule has 0 saturated heterocycles. The Morgan fingerprint density at radius 1 is 0.792 bits per heavy atom. The molecule has 7 atom stereocenters. The molecule has 24 heavy (non-hydrogen) atoms. The zero-order valence-corrected chi connectivity index (χ0v) is 16.9. The fourth-order valence-electron chi connectivity index (χ4n) is 8.41. The molecule has 0 amide bonds. The maximum atomic E-state index is 2.72. The van der Waals surface area contributed by atoms with Crippen molar-refractivity contribution in [3.8, 4) is 0 Å². The lowest BCUT2D eigenvalue weighted by Crippen LogP contribution is -2.52. The fourth-order valence-corrected chi connectivity index (χ4v) is 8.41. The van der Waals surface area contributed by atoms with Crippen molar-refractivity contribution in [2.45, 2.75) is 105 Å². The van der Waals surface area contributed by atoms with E-state index in [0.717, 1.165) is 40.9 Å². The summed E-state index contributed by atoms with van der Waals surface area (Å²) < 4.78 is 0. The molecule has 0 heterocycles. The SMILES string of the molecule is CC(C)CCC1CCC2C3CCC4CCCCC4(C)C3CCC12C. The molecule has 4 aliphatic carbocycles. The van der Waals surface area contributed by atoms with Crippen LogP contribution in [0.4, 0.5) is 0 Å². The first kappa shape index (κ1) is 17.4. The van der Waals surface area contributed by atoms with E-state index in [1.165, 1.54) is 25.7 Å². The fraction of sp³-hybridized carbons (Fsp3) is 1.00. The molecule has 4 rings (SSSR count). The molecule has 0 N–H and O–H groups in total. The van der Waals surface area contributed by atoms with Gasteiger partial charge in [0.25, 0.3) is 0 Å². The van der Waals surface area contributed by atoms with E-state index in [-0.39, 0.29) is 0 Å². The van der Waals surface area contributed by atoms with Crippen molar-refractivity contribution in [3.63, 3.8) is 0 Å². The summed E-state index contributed by atoms with van der Waals surface area (Å²) in [6.07, 6.45) is 18.5. The van der Waals surface area contributed by atoms with Crippen molar-refractivity contribution in [2.24, 2.45) is 46.3 Å². The van der Waals surface area contributed by atoms with Crippen LogP contribution in [0.1, 0.15) is 105 Å². The Morgan fingerprint density at radius 2 is 1.58 bits per heavy atom. The Morgan fingerprint density at radius 3 is 2.38 bits per heavy atom. The summed E-state index contributed by atoms with van der Waals surface area (Å²) in [7, 11) is 0. The van der Waals surface area contributed by atoms with Crippen molar-refractivity contribution in [2.75, 3.05) is 0 Å². The lowest BCUT2D eigenvalue weighted by molar-refractivity contribution is -0.111. The summed E-state index contributed by atoms with van der Waals surface area (Å²) in [6, 6.07) is 0. The summed E-state index contributed by atoms with van der Waals surface area (Å²) in [6.45, 7) is 10.3. The maximum absolute atomic E-state index is 2.72. The number of hydrogen-bond acceptors (Lipinski definition) is 0. The van der Waals surface area contributed by atoms with Gasteiger partial charge in [-0.2, -0.15) is 0 Å². The summed E-state index contributed by atoms with van der Waals surface area (Å²) in [5.41, 5.74) is 1.42. The molecule has 0 heteroatoms. The predicted octanol–water partition coefficient (Wildman–Crippen LogP) is 7.47. The second kappa shape index (κ2) is 6.31. The van der Waals surface area contributed by atoms with Gasteiger partial charge in [-0.3, -0.25) is 0 Å². The van der Waals surface area contributed by atoms with Gasteiger partial charge in [-0.15, -0.1) is 0 Å². The van der Waals surface area contributed by atoms with Gasteiger partial charge in [-0.1, -0.05) is 47.0 Å². The summed E-state index contributed by atoms with van der Waals surface area (Å²) in [5.74, 6) is 6.26. The van der Waals surface area contributed by atoms with Gasteiger partial charge in [0, 0.05) is 0 Å². The van der Waals surface area contributed by atoms with Crippen molar-refractivity contribution < 1.29 is 0 Å². The third-order valence-electron chi connectivity index (χ3n) is 9.87. The van der Waals surface area contributed by atoms with Gasteiger partial charge in [0.15, 0.2) is 0 Å². The molecule has 0 nitrogen and oxygen atoms in total. The topological polar surface area (TPSA) is 0 Å². The number of fused-ring (bicyclic) bond motifs is 5. The average Bonchev–Trinajstić information content (AvgIpc) is 2.89. The molecule has 0 aliphatic heterocycles. The minimum atomic E-state index is 0.702. The van der Waals surface area contributed by atoms with Crippen LogP contribution < -0.4 is 0 Å². The van der Waals surface area contributed by atoms with Crippen molar-refractivity contribution in [3.05, 3.63) is 0 Å². The van der Waals surface area contributed by atoms with E-state index in [0.29, 0.717) is 5.41 Å². The Hall–Kier alpha value is 0. The first-order valence-electron chi connectivity index (χ1n) is 11.4. The van der Waals surface area contributed by atoms with Crippen LogP contribution in [0.5, 0.6) is 0 Å². The van der Waals surface area contributed by atoms with Crippen LogP contribution >= 0.6 is 0 Å². The zero-order chi connectivity index (χ0) is 16.9. The Balaban J connectivity index is 1.53. The number of hydrogen-bond donors (Lipinski definition) is 0. The Bertz CT molecular complexity index is 451. The smallest absolute Gasteiger partial charge is 0.0266 e. The third kappa shape index (κ3) is 2.61. The molecule has 0 spiro atoms. The van der Waals surface area contributed by atoms with E-state index >= 15 is 0 Å². The van der Waals surface area contributed by atoms with Crippen LogP contribution in [-0.4, -0.2) is 0 Å². The molecule has 4 aliphatic rings. The van der Waals surface area contributed by atoms with E-state index in [9.17, 15) is 0 Å². The largest absolute Gasteiger partial charge is 0.0628 e. The highest BCUT2D eigenvalue weighted by molar-refractivity contribution is 5.08. The van der Waals surface area contributed by atoms with Crippen LogP contribution in [0.25, 0.3) is 0 Å². The lowest BCUT2D eigenvalue weighted by atomic mass is 9.45. The van der Waals surface area contributed by atoms with Gasteiger partial charge in [0.1, 0.15) is 0 Å². The van der Waals surface area contributed by atoms with Gasteiger partial charge >= 0.3 is 0 Å². The molecular formula is C24H42. The monoisotopic (exact) mass is 330 g/mol. The highest BCUT2D eigenvalue weighted by Gasteiger charge is 2.59. The molecule has 7 unspecified atom stereocenters. The average molecular weight is 331 g/mol. The lowest BCUT2D eigenvalue weighted by Gasteiger charge is -2.60. The highest BCUT2D eigenvalue weighted by atomic mass is 14.6. The molecule has 0 bridgehead atoms. The van der Waals surface area contributed by atoms with Crippen LogP contribution in [-0.2, 0) is 0 Å². The molecule has 4 saturated carbocycles. The third-order valence-corrected chi connectivity index (χ3v) is 9.87. The molecular weight excluding hydrogens is 288 g/mol. The van der Waals surface area contributed by atoms with Crippen molar-refractivity contribution in [1.82, 2.24) is 0 Å². The molecule has 4 fully saturated rings. The minimum Gasteiger partial charge on any atom is -0.0628 e. The van der Waals surface area contributed by atoms with E-state index < -0.39 is 0 Å². The summed E-state index contributed by atoms with van der Waals surface area (Å²) in [5, 5.41) is 0. The first-order valence-corrected chi connectivity index (χ1v) is 11.4. The van der Waals surface area contributed by atoms with Crippen LogP contribution in [0.3, 0.4) is 0 Å². The zero-order valence-electron chi connectivity index (χ0n) is 16.9. The second-order valence-corrected chi connectivity index (χ2v) is 11.2. The summed E-state index contributed by atoms with van der Waals surface area (Å²) >= 11 is 0. The molecule has 0 aromatic carbocycles. The van der Waals surface area contributed by atoms with Crippen LogP contribution in [0.15, 0.2) is 0 Å². The van der Waals surface area contributed by atoms with Gasteiger partial charge in [-0.05, 0) is 104 Å². The maximum Gasteiger partial charge on any atom is -0.0266 e. The van der Waals surface area contributed by atoms with E-state index in [1.54, 1.807) is 51.4 Å². The summed E-state index contributed by atoms with van der Waals surface area (Å²) in [4.78, 5) is 0. The Labute approximate surface area is 151 Å². The number of rotatable bonds is 3. The normalized spacial score (nSPS) is 51.1. The predicted molar refractivity (Wildman–Crippen MR) is 104 cm³/mol. The van der Waals surface area contributed by atoms with E-state index in [1.807, 2.05) is 0 Å². The molecule has 0 aromatic heterocycles. The quantitative estimate of drug-likeness (QED) is 0.503. The van der Waals surface area contributed by atoms with Crippen LogP contribution in [0.2, 0.25) is 0 Å². The first-order chi connectivity index (χ1) is 11.4. The van der Waals surface area contributed by atoms with E-state index in [2.05, 4.69) is 27.7 Å².